The van der Waals surface area contributed by atoms with Crippen LogP contribution in [0.1, 0.15) is 18.2 Å². The Kier molecular flexibility index (Phi) is 8.97. The molecule has 0 saturated carbocycles. The molecule has 2 aromatic rings. The second-order valence-electron chi connectivity index (χ2n) is 6.20. The van der Waals surface area contributed by atoms with Crippen LogP contribution >= 0.6 is 39.9 Å². The fraction of sp³-hybridized carbons (Fsp3) is 0.444. The van der Waals surface area contributed by atoms with Gasteiger partial charge >= 0.3 is 0 Å². The van der Waals surface area contributed by atoms with E-state index in [1.54, 1.807) is 6.26 Å². The monoisotopic (exact) mass is 551 g/mol. The van der Waals surface area contributed by atoms with Gasteiger partial charge < -0.3 is 14.7 Å². The normalized spacial score (nSPS) is 15.5. The molecule has 0 amide bonds. The number of rotatable bonds is 5. The lowest BCUT2D eigenvalue weighted by Crippen LogP contribution is -2.52. The van der Waals surface area contributed by atoms with Crippen molar-refractivity contribution in [3.63, 3.8) is 0 Å². The number of aromatic nitrogens is 1. The maximum atomic E-state index is 13.5. The summed E-state index contributed by atoms with van der Waals surface area (Å²) in [6, 6.07) is 6.77. The fourth-order valence-electron chi connectivity index (χ4n) is 2.96. The molecule has 1 aromatic carbocycles. The van der Waals surface area contributed by atoms with Crippen molar-refractivity contribution in [2.24, 2.45) is 4.99 Å². The van der Waals surface area contributed by atoms with E-state index in [9.17, 15) is 4.39 Å². The first-order valence-corrected chi connectivity index (χ1v) is 9.53. The number of nitrogens with one attached hydrogen (secondary N) is 1. The molecule has 0 bridgehead atoms. The first-order chi connectivity index (χ1) is 12.6. The number of hydrogen-bond donors (Lipinski definition) is 1. The summed E-state index contributed by atoms with van der Waals surface area (Å²) in [4.78, 5) is 9.28. The average Bonchev–Trinajstić information content (AvgIpc) is 3.12. The van der Waals surface area contributed by atoms with Crippen LogP contribution < -0.4 is 5.32 Å². The van der Waals surface area contributed by atoms with Crippen molar-refractivity contribution in [2.45, 2.75) is 20.0 Å². The van der Waals surface area contributed by atoms with Crippen LogP contribution in [0.3, 0.4) is 0 Å². The van der Waals surface area contributed by atoms with Gasteiger partial charge in [0.05, 0.1) is 12.2 Å². The molecule has 1 aromatic heterocycles. The number of benzene rings is 1. The van der Waals surface area contributed by atoms with Gasteiger partial charge in [-0.3, -0.25) is 4.90 Å². The molecule has 2 heterocycles. The molecule has 1 aliphatic rings. The molecule has 9 heteroatoms. The molecule has 0 radical (unpaired) electrons. The standard InChI is InChI=1S/C18H23BrFN5O.HI/c1-2-21-18(22-12-14-9-15(19)11-16(20)10-14)25-6-4-24(5-7-25)13-17-3-8-26-23-17;/h3,8-11H,2,4-7,12-13H2,1H3,(H,21,22);1H. The Morgan fingerprint density at radius 2 is 2.07 bits per heavy atom. The highest BCUT2D eigenvalue weighted by molar-refractivity contribution is 14.0. The van der Waals surface area contributed by atoms with Gasteiger partial charge in [0.15, 0.2) is 5.96 Å². The van der Waals surface area contributed by atoms with Crippen LogP contribution in [0, 0.1) is 5.82 Å². The molecule has 1 fully saturated rings. The second kappa shape index (κ2) is 11.0. The zero-order chi connectivity index (χ0) is 18.4. The highest BCUT2D eigenvalue weighted by Gasteiger charge is 2.20. The number of guanidine groups is 1. The van der Waals surface area contributed by atoms with Crippen molar-refractivity contribution in [3.05, 3.63) is 52.1 Å². The quantitative estimate of drug-likeness (QED) is 0.350. The number of piperazine rings is 1. The molecular formula is C18H24BrFIN5O. The SMILES string of the molecule is CCNC(=NCc1cc(F)cc(Br)c1)N1CCN(Cc2ccon2)CC1.I. The minimum absolute atomic E-state index is 0. The van der Waals surface area contributed by atoms with E-state index in [1.165, 1.54) is 12.1 Å². The van der Waals surface area contributed by atoms with Crippen LogP contribution in [0.4, 0.5) is 4.39 Å². The second-order valence-corrected chi connectivity index (χ2v) is 7.12. The molecule has 1 N–H and O–H groups in total. The summed E-state index contributed by atoms with van der Waals surface area (Å²) in [6.07, 6.45) is 1.60. The van der Waals surface area contributed by atoms with Gasteiger partial charge in [-0.15, -0.1) is 24.0 Å². The van der Waals surface area contributed by atoms with E-state index in [4.69, 9.17) is 4.52 Å². The number of aliphatic imine (C=N–C) groups is 1. The smallest absolute Gasteiger partial charge is 0.194 e. The molecule has 1 aliphatic heterocycles. The summed E-state index contributed by atoms with van der Waals surface area (Å²) < 4.78 is 19.2. The minimum Gasteiger partial charge on any atom is -0.364 e. The Balaban J connectivity index is 0.00000261. The van der Waals surface area contributed by atoms with Crippen LogP contribution in [-0.2, 0) is 13.1 Å². The van der Waals surface area contributed by atoms with Crippen molar-refractivity contribution >= 4 is 45.9 Å². The zero-order valence-corrected chi connectivity index (χ0v) is 19.1. The van der Waals surface area contributed by atoms with E-state index >= 15 is 0 Å². The van der Waals surface area contributed by atoms with Crippen molar-refractivity contribution in [3.8, 4) is 0 Å². The van der Waals surface area contributed by atoms with Gasteiger partial charge in [-0.2, -0.15) is 0 Å². The predicted molar refractivity (Wildman–Crippen MR) is 118 cm³/mol. The minimum atomic E-state index is -0.254. The zero-order valence-electron chi connectivity index (χ0n) is 15.2. The van der Waals surface area contributed by atoms with Crippen LogP contribution in [0.25, 0.3) is 0 Å². The molecule has 148 valence electrons. The van der Waals surface area contributed by atoms with Crippen molar-refractivity contribution in [1.29, 1.82) is 0 Å². The van der Waals surface area contributed by atoms with Crippen LogP contribution in [-0.4, -0.2) is 53.6 Å². The topological polar surface area (TPSA) is 56.9 Å². The lowest BCUT2D eigenvalue weighted by atomic mass is 10.2. The van der Waals surface area contributed by atoms with Gasteiger partial charge in [0.2, 0.25) is 0 Å². The van der Waals surface area contributed by atoms with Gasteiger partial charge in [0.1, 0.15) is 12.1 Å². The summed E-state index contributed by atoms with van der Waals surface area (Å²) in [5.74, 6) is 0.616. The first-order valence-electron chi connectivity index (χ1n) is 8.74. The average molecular weight is 552 g/mol. The van der Waals surface area contributed by atoms with E-state index < -0.39 is 0 Å². The van der Waals surface area contributed by atoms with Crippen molar-refractivity contribution in [2.75, 3.05) is 32.7 Å². The fourth-order valence-corrected chi connectivity index (χ4v) is 3.47. The Morgan fingerprint density at radius 3 is 2.70 bits per heavy atom. The summed E-state index contributed by atoms with van der Waals surface area (Å²) in [7, 11) is 0. The third-order valence-electron chi connectivity index (χ3n) is 4.22. The Bertz CT molecular complexity index is 715. The van der Waals surface area contributed by atoms with Crippen molar-refractivity contribution in [1.82, 2.24) is 20.3 Å². The third-order valence-corrected chi connectivity index (χ3v) is 4.68. The highest BCUT2D eigenvalue weighted by Crippen LogP contribution is 2.16. The summed E-state index contributed by atoms with van der Waals surface area (Å²) in [6.45, 7) is 7.73. The molecule has 0 aliphatic carbocycles. The van der Waals surface area contributed by atoms with E-state index in [-0.39, 0.29) is 29.8 Å². The number of nitrogens with zero attached hydrogens (tertiary/aromatic N) is 4. The van der Waals surface area contributed by atoms with Gasteiger partial charge in [-0.1, -0.05) is 21.1 Å². The third kappa shape index (κ3) is 6.72. The van der Waals surface area contributed by atoms with E-state index in [0.29, 0.717) is 6.54 Å². The Labute approximate surface area is 184 Å². The molecule has 6 nitrogen and oxygen atoms in total. The summed E-state index contributed by atoms with van der Waals surface area (Å²) in [5.41, 5.74) is 1.80. The van der Waals surface area contributed by atoms with Crippen LogP contribution in [0.5, 0.6) is 0 Å². The van der Waals surface area contributed by atoms with Crippen molar-refractivity contribution < 1.29 is 8.91 Å². The molecule has 0 spiro atoms. The molecule has 27 heavy (non-hydrogen) atoms. The van der Waals surface area contributed by atoms with Crippen LogP contribution in [0.2, 0.25) is 0 Å². The van der Waals surface area contributed by atoms with E-state index in [1.807, 2.05) is 12.1 Å². The molecule has 0 unspecified atom stereocenters. The maximum Gasteiger partial charge on any atom is 0.194 e. The van der Waals surface area contributed by atoms with E-state index in [0.717, 1.165) is 61.0 Å². The van der Waals surface area contributed by atoms with Crippen LogP contribution in [0.15, 0.2) is 44.5 Å². The summed E-state index contributed by atoms with van der Waals surface area (Å²) in [5, 5.41) is 7.31. The van der Waals surface area contributed by atoms with Gasteiger partial charge in [-0.05, 0) is 30.7 Å². The Morgan fingerprint density at radius 1 is 1.30 bits per heavy atom. The molecular weight excluding hydrogens is 528 g/mol. The predicted octanol–water partition coefficient (Wildman–Crippen LogP) is 3.48. The lowest BCUT2D eigenvalue weighted by molar-refractivity contribution is 0.169. The number of halogens is 3. The lowest BCUT2D eigenvalue weighted by Gasteiger charge is -2.36. The Hall–Kier alpha value is -1.20. The molecule has 1 saturated heterocycles. The first kappa shape index (κ1) is 22.1. The van der Waals surface area contributed by atoms with E-state index in [2.05, 4.69) is 48.1 Å². The largest absolute Gasteiger partial charge is 0.364 e. The van der Waals surface area contributed by atoms with Gasteiger partial charge in [0, 0.05) is 49.8 Å². The summed E-state index contributed by atoms with van der Waals surface area (Å²) >= 11 is 3.33. The van der Waals surface area contributed by atoms with Gasteiger partial charge in [-0.25, -0.2) is 9.38 Å². The molecule has 3 rings (SSSR count). The number of hydrogen-bond acceptors (Lipinski definition) is 4. The maximum absolute atomic E-state index is 13.5. The highest BCUT2D eigenvalue weighted by atomic mass is 127. The molecule has 0 atom stereocenters. The van der Waals surface area contributed by atoms with Gasteiger partial charge in [0.25, 0.3) is 0 Å².